The third kappa shape index (κ3) is 19.9. The molecular weight excluding hydrogens is 816 g/mol. The second-order valence-corrected chi connectivity index (χ2v) is 14.7. The Hall–Kier alpha value is 1.88. The van der Waals surface area contributed by atoms with E-state index in [1.807, 2.05) is 33.1 Å². The van der Waals surface area contributed by atoms with Crippen LogP contribution in [-0.4, -0.2) is 56.4 Å². The first kappa shape index (κ1) is 57.6. The third-order valence-electron chi connectivity index (χ3n) is 5.83. The number of aliphatic carboxylic acids is 1. The smallest absolute Gasteiger partial charge is 0.744 e. The summed E-state index contributed by atoms with van der Waals surface area (Å²) in [5.41, 5.74) is 2.25. The SMILES string of the molecule is CC(=O)C(C)C.CC(=O)[O-].CC1=Nc2c(S(=O)(=O)[O-])ccc(SOO[O-])c2C1(C)C.NNc1cc(S(=O)(=O)O)ccc1S(=O)(=O)O.[K+].[K+].[K+]. The maximum atomic E-state index is 11.3. The summed E-state index contributed by atoms with van der Waals surface area (Å²) in [7, 11) is -13.6. The average molecular weight is 848 g/mol. The average Bonchev–Trinajstić information content (AvgIpc) is 3.14. The molecule has 0 unspecified atom stereocenters. The van der Waals surface area contributed by atoms with Crippen LogP contribution in [0.5, 0.6) is 0 Å². The number of hydrogen-bond donors (Lipinski definition) is 4. The van der Waals surface area contributed by atoms with E-state index in [4.69, 9.17) is 24.8 Å². The van der Waals surface area contributed by atoms with Gasteiger partial charge in [-0.3, -0.25) is 29.8 Å². The number of ketones is 1. The number of aliphatic imine (C=N–C) groups is 1. The first-order chi connectivity index (χ1) is 20.7. The molecule has 1 aliphatic rings. The van der Waals surface area contributed by atoms with Crippen LogP contribution in [0.3, 0.4) is 0 Å². The number of benzene rings is 2. The van der Waals surface area contributed by atoms with Gasteiger partial charge in [-0.25, -0.2) is 8.42 Å². The number of Topliss-reactive ketones (excluding diaryl/α,β-unsaturated/α-hetero) is 1. The standard InChI is InChI=1S/C11H13NO6S2.C6H8N2O6S2.C5H10O.C2H4O2.3K/c1-6-11(2,3)9-7(19-18-17-13)4-5-8(10(9)12-6)20(14,15)16;7-8-5-3-4(15(9,10)11)1-2-6(5)16(12,13)14;1-4(2)5(3)6;1-2(3)4;;;/h4-5,13H,1-3H3,(H,14,15,16);1-3,8H,7H2,(H,9,10,11)(H,12,13,14);4H,1-3H3;1H3,(H,3,4);;;/q;;;;3*+1/p-3. The Labute approximate surface area is 417 Å². The third-order valence-corrected chi connectivity index (χ3v) is 9.10. The Morgan fingerprint density at radius 1 is 0.959 bits per heavy atom. The van der Waals surface area contributed by atoms with Crippen LogP contribution in [0, 0.1) is 5.92 Å². The predicted molar refractivity (Wildman–Crippen MR) is 158 cm³/mol. The van der Waals surface area contributed by atoms with Crippen molar-refractivity contribution in [1.82, 2.24) is 0 Å². The summed E-state index contributed by atoms with van der Waals surface area (Å²) in [4.78, 5) is 22.2. The number of nitrogens with two attached hydrogens (primary N) is 1. The zero-order valence-corrected chi connectivity index (χ0v) is 41.0. The molecule has 2 aromatic carbocycles. The van der Waals surface area contributed by atoms with E-state index < -0.39 is 51.5 Å². The molecule has 49 heavy (non-hydrogen) atoms. The van der Waals surface area contributed by atoms with E-state index in [1.165, 1.54) is 6.07 Å². The van der Waals surface area contributed by atoms with E-state index in [2.05, 4.69) is 14.4 Å². The van der Waals surface area contributed by atoms with Gasteiger partial charge in [0.25, 0.3) is 20.2 Å². The molecule has 1 heterocycles. The maximum Gasteiger partial charge on any atom is 1.00 e. The van der Waals surface area contributed by atoms with Crippen molar-refractivity contribution in [3.05, 3.63) is 35.9 Å². The number of rotatable bonds is 8. The number of carboxylic acids is 1. The van der Waals surface area contributed by atoms with Crippen molar-refractivity contribution in [1.29, 1.82) is 0 Å². The molecule has 5 N–H and O–H groups in total. The number of hydrogen-bond acceptors (Lipinski definition) is 17. The van der Waals surface area contributed by atoms with Gasteiger partial charge in [-0.05, 0) is 51.1 Å². The van der Waals surface area contributed by atoms with Crippen molar-refractivity contribution in [2.45, 2.75) is 73.5 Å². The zero-order valence-electron chi connectivity index (χ0n) is 28.3. The monoisotopic (exact) mass is 847 g/mol. The quantitative estimate of drug-likeness (QED) is 0.0479. The molecule has 0 spiro atoms. The van der Waals surface area contributed by atoms with Crippen molar-refractivity contribution >= 4 is 71.2 Å². The first-order valence-corrected chi connectivity index (χ1v) is 17.3. The van der Waals surface area contributed by atoms with Gasteiger partial charge in [0.1, 0.15) is 20.8 Å². The van der Waals surface area contributed by atoms with E-state index in [9.17, 15) is 39.9 Å². The fraction of sp³-hybridized carbons (Fsp3) is 0.375. The molecule has 18 nitrogen and oxygen atoms in total. The largest absolute Gasteiger partial charge is 1.00 e. The normalized spacial score (nSPS) is 12.6. The first-order valence-electron chi connectivity index (χ1n) is 12.3. The predicted octanol–water partition coefficient (Wildman–Crippen LogP) is -8.33. The van der Waals surface area contributed by atoms with Crippen LogP contribution in [-0.2, 0) is 54.7 Å². The number of carboxylic acid groups (broad SMARTS) is 1. The molecule has 0 aromatic heterocycles. The number of fused-ring (bicyclic) bond motifs is 1. The number of carbonyl (C=O) groups is 2. The minimum absolute atomic E-state index is 0. The van der Waals surface area contributed by atoms with Crippen LogP contribution in [0.25, 0.3) is 0 Å². The Kier molecular flexibility index (Phi) is 29.5. The molecule has 0 saturated carbocycles. The molecule has 1 aliphatic heterocycles. The molecule has 0 aliphatic carbocycles. The van der Waals surface area contributed by atoms with Crippen molar-refractivity contribution < 1.29 is 222 Å². The van der Waals surface area contributed by atoms with Gasteiger partial charge in [0.2, 0.25) is 0 Å². The topological polar surface area (TPSA) is 315 Å². The van der Waals surface area contributed by atoms with E-state index >= 15 is 0 Å². The molecule has 2 aromatic rings. The van der Waals surface area contributed by atoms with Gasteiger partial charge in [-0.15, -0.1) is 0 Å². The molecule has 0 saturated heterocycles. The van der Waals surface area contributed by atoms with Crippen molar-refractivity contribution in [3.63, 3.8) is 0 Å². The van der Waals surface area contributed by atoms with Crippen LogP contribution in [0.1, 0.15) is 54.0 Å². The molecule has 0 bridgehead atoms. The van der Waals surface area contributed by atoms with Crippen molar-refractivity contribution in [3.8, 4) is 0 Å². The molecule has 25 heteroatoms. The van der Waals surface area contributed by atoms with Crippen molar-refractivity contribution in [2.75, 3.05) is 5.43 Å². The van der Waals surface area contributed by atoms with Gasteiger partial charge in [0.15, 0.2) is 0 Å². The Balaban J connectivity index is -0.000000313. The van der Waals surface area contributed by atoms with Gasteiger partial charge in [-0.2, -0.15) is 21.2 Å². The number of anilines is 1. The minimum Gasteiger partial charge on any atom is -0.744 e. The zero-order chi connectivity index (χ0) is 36.4. The molecule has 0 atom stereocenters. The summed E-state index contributed by atoms with van der Waals surface area (Å²) < 4.78 is 98.7. The van der Waals surface area contributed by atoms with Gasteiger partial charge in [0, 0.05) is 33.5 Å². The number of nitrogens with one attached hydrogen (secondary N) is 1. The molecular formula is C24H32K3N3O15S4. The molecule has 0 amide bonds. The van der Waals surface area contributed by atoms with Gasteiger partial charge < -0.3 is 25.1 Å². The Bertz CT molecular complexity index is 1780. The second kappa shape index (κ2) is 25.1. The van der Waals surface area contributed by atoms with E-state index in [-0.39, 0.29) is 182 Å². The molecule has 3 rings (SSSR count). The van der Waals surface area contributed by atoms with Gasteiger partial charge >= 0.3 is 154 Å². The summed E-state index contributed by atoms with van der Waals surface area (Å²) in [6.45, 7) is 11.8. The van der Waals surface area contributed by atoms with Crippen LogP contribution in [0.2, 0.25) is 0 Å². The fourth-order valence-electron chi connectivity index (χ4n) is 3.09. The second-order valence-electron chi connectivity index (χ2n) is 9.79. The Morgan fingerprint density at radius 3 is 1.76 bits per heavy atom. The van der Waals surface area contributed by atoms with Crippen LogP contribution in [0.15, 0.2) is 54.9 Å². The summed E-state index contributed by atoms with van der Waals surface area (Å²) >= 11 is 0.645. The van der Waals surface area contributed by atoms with E-state index in [1.54, 1.807) is 13.8 Å². The summed E-state index contributed by atoms with van der Waals surface area (Å²) in [6.07, 6.45) is 0. The van der Waals surface area contributed by atoms with Crippen molar-refractivity contribution in [2.24, 2.45) is 16.8 Å². The van der Waals surface area contributed by atoms with Gasteiger partial charge in [0.05, 0.1) is 33.2 Å². The van der Waals surface area contributed by atoms with Crippen LogP contribution in [0.4, 0.5) is 11.4 Å². The van der Waals surface area contributed by atoms with Crippen LogP contribution < -0.4 is 176 Å². The summed E-state index contributed by atoms with van der Waals surface area (Å²) in [5, 5.41) is 22.1. The molecule has 0 radical (unpaired) electrons. The summed E-state index contributed by atoms with van der Waals surface area (Å²) in [5.74, 6) is 4.35. The maximum absolute atomic E-state index is 11.3. The van der Waals surface area contributed by atoms with E-state index in [0.29, 0.717) is 28.2 Å². The molecule has 260 valence electrons. The minimum atomic E-state index is -4.64. The number of nitrogen functional groups attached to an aromatic ring is 1. The van der Waals surface area contributed by atoms with E-state index in [0.717, 1.165) is 31.2 Å². The molecule has 0 fully saturated rings. The van der Waals surface area contributed by atoms with Crippen LogP contribution >= 0.6 is 12.0 Å². The Morgan fingerprint density at radius 2 is 1.41 bits per heavy atom. The van der Waals surface area contributed by atoms with Gasteiger partial charge in [-0.1, -0.05) is 27.7 Å². The summed E-state index contributed by atoms with van der Waals surface area (Å²) in [6, 6.07) is 4.93. The number of carbonyl (C=O) groups excluding carboxylic acids is 2. The fourth-order valence-corrected chi connectivity index (χ4v) is 5.51. The number of nitrogens with zero attached hydrogens (tertiary/aromatic N) is 1. The number of hydrazine groups is 1.